The van der Waals surface area contributed by atoms with E-state index in [4.69, 9.17) is 15.3 Å². The Kier molecular flexibility index (Phi) is 11.4. The van der Waals surface area contributed by atoms with E-state index in [-0.39, 0.29) is 23.9 Å². The van der Waals surface area contributed by atoms with Crippen LogP contribution in [-0.2, 0) is 0 Å². The molecular weight excluding hydrogens is 383 g/mol. The van der Waals surface area contributed by atoms with Crippen LogP contribution in [0, 0.1) is 0 Å². The van der Waals surface area contributed by atoms with Crippen molar-refractivity contribution in [2.24, 2.45) is 0 Å². The van der Waals surface area contributed by atoms with E-state index in [1.807, 2.05) is 18.2 Å². The van der Waals surface area contributed by atoms with Crippen LogP contribution in [0.3, 0.4) is 0 Å². The van der Waals surface area contributed by atoms with Crippen LogP contribution in [-0.4, -0.2) is 39.2 Å². The summed E-state index contributed by atoms with van der Waals surface area (Å²) in [5, 5.41) is 25.9. The first-order valence-electron chi connectivity index (χ1n) is 6.40. The van der Waals surface area contributed by atoms with Crippen LogP contribution in [0.15, 0.2) is 91.0 Å². The smallest absolute Gasteiger partial charge is 0.115 e. The van der Waals surface area contributed by atoms with Crippen molar-refractivity contribution in [1.29, 1.82) is 0 Å². The van der Waals surface area contributed by atoms with Gasteiger partial charge in [0.25, 0.3) is 0 Å². The van der Waals surface area contributed by atoms with E-state index in [9.17, 15) is 0 Å². The Balaban J connectivity index is 0.000000294. The van der Waals surface area contributed by atoms with E-state index >= 15 is 0 Å². The molecule has 0 saturated heterocycles. The van der Waals surface area contributed by atoms with Gasteiger partial charge in [-0.1, -0.05) is 54.6 Å². The zero-order chi connectivity index (χ0) is 15.3. The molecule has 0 aliphatic heterocycles. The molecular formula is C18H18O3Sn. The normalized spacial score (nSPS) is 8.18. The Labute approximate surface area is 147 Å². The van der Waals surface area contributed by atoms with Gasteiger partial charge in [0.1, 0.15) is 17.2 Å². The Morgan fingerprint density at radius 1 is 0.364 bits per heavy atom. The summed E-state index contributed by atoms with van der Waals surface area (Å²) in [6.07, 6.45) is 0. The van der Waals surface area contributed by atoms with Gasteiger partial charge in [0, 0.05) is 23.9 Å². The van der Waals surface area contributed by atoms with Gasteiger partial charge in [-0.05, 0) is 36.4 Å². The number of phenolic OH excluding ortho intramolecular Hbond substituents is 3. The molecule has 0 amide bonds. The minimum Gasteiger partial charge on any atom is -0.508 e. The van der Waals surface area contributed by atoms with Crippen molar-refractivity contribution in [2.45, 2.75) is 0 Å². The van der Waals surface area contributed by atoms with Crippen molar-refractivity contribution >= 4 is 23.9 Å². The molecule has 0 fully saturated rings. The van der Waals surface area contributed by atoms with Crippen LogP contribution in [0.2, 0.25) is 0 Å². The number of phenols is 3. The van der Waals surface area contributed by atoms with Gasteiger partial charge in [0.2, 0.25) is 0 Å². The fourth-order valence-electron chi connectivity index (χ4n) is 1.28. The van der Waals surface area contributed by atoms with Gasteiger partial charge in [-0.15, -0.1) is 0 Å². The molecule has 22 heavy (non-hydrogen) atoms. The maximum absolute atomic E-state index is 8.63. The summed E-state index contributed by atoms with van der Waals surface area (Å²) in [7, 11) is 0. The SMILES string of the molecule is Oc1ccccc1.Oc1ccccc1.Oc1ccccc1.[Sn]. The molecule has 3 nitrogen and oxygen atoms in total. The fourth-order valence-corrected chi connectivity index (χ4v) is 1.28. The quantitative estimate of drug-likeness (QED) is 0.503. The number of hydrogen-bond donors (Lipinski definition) is 3. The van der Waals surface area contributed by atoms with E-state index in [1.165, 1.54) is 0 Å². The summed E-state index contributed by atoms with van der Waals surface area (Å²) in [5.74, 6) is 0.965. The van der Waals surface area contributed by atoms with Gasteiger partial charge in [-0.3, -0.25) is 0 Å². The molecule has 0 aromatic heterocycles. The molecule has 3 aromatic rings. The molecule has 4 heteroatoms. The number of hydrogen-bond acceptors (Lipinski definition) is 3. The van der Waals surface area contributed by atoms with Gasteiger partial charge in [-0.25, -0.2) is 0 Å². The largest absolute Gasteiger partial charge is 0.508 e. The second kappa shape index (κ2) is 12.6. The topological polar surface area (TPSA) is 60.7 Å². The molecule has 3 rings (SSSR count). The Morgan fingerprint density at radius 2 is 0.545 bits per heavy atom. The first kappa shape index (κ1) is 19.9. The zero-order valence-electron chi connectivity index (χ0n) is 12.0. The van der Waals surface area contributed by atoms with Gasteiger partial charge < -0.3 is 15.3 Å². The maximum Gasteiger partial charge on any atom is 0.115 e. The van der Waals surface area contributed by atoms with Crippen molar-refractivity contribution < 1.29 is 15.3 Å². The van der Waals surface area contributed by atoms with Gasteiger partial charge in [0.05, 0.1) is 0 Å². The van der Waals surface area contributed by atoms with Crippen molar-refractivity contribution in [2.75, 3.05) is 0 Å². The fraction of sp³-hybridized carbons (Fsp3) is 0. The third kappa shape index (κ3) is 10.6. The summed E-state index contributed by atoms with van der Waals surface area (Å²) in [6.45, 7) is 0. The van der Waals surface area contributed by atoms with Crippen LogP contribution in [0.25, 0.3) is 0 Å². The van der Waals surface area contributed by atoms with E-state index in [1.54, 1.807) is 72.8 Å². The first-order valence-corrected chi connectivity index (χ1v) is 6.40. The van der Waals surface area contributed by atoms with Gasteiger partial charge in [-0.2, -0.15) is 0 Å². The summed E-state index contributed by atoms with van der Waals surface area (Å²) in [4.78, 5) is 0. The van der Waals surface area contributed by atoms with Crippen LogP contribution in [0.1, 0.15) is 0 Å². The minimum atomic E-state index is 0. The van der Waals surface area contributed by atoms with Crippen molar-refractivity contribution in [3.05, 3.63) is 91.0 Å². The third-order valence-corrected chi connectivity index (χ3v) is 2.27. The van der Waals surface area contributed by atoms with E-state index < -0.39 is 0 Å². The first-order chi connectivity index (χ1) is 10.2. The molecule has 3 N–H and O–H groups in total. The second-order valence-electron chi connectivity index (χ2n) is 4.01. The molecule has 4 radical (unpaired) electrons. The number of benzene rings is 3. The molecule has 0 spiro atoms. The molecule has 3 aromatic carbocycles. The molecule has 0 heterocycles. The van der Waals surface area contributed by atoms with E-state index in [0.717, 1.165) is 0 Å². The summed E-state index contributed by atoms with van der Waals surface area (Å²) < 4.78 is 0. The number of aromatic hydroxyl groups is 3. The predicted molar refractivity (Wildman–Crippen MR) is 90.1 cm³/mol. The number of para-hydroxylation sites is 3. The molecule has 0 unspecified atom stereocenters. The Hall–Kier alpha value is -2.14. The van der Waals surface area contributed by atoms with Crippen LogP contribution < -0.4 is 0 Å². The average Bonchev–Trinajstić information content (AvgIpc) is 2.51. The Bertz CT molecular complexity index is 497. The standard InChI is InChI=1S/3C6H6O.Sn/c3*7-6-4-2-1-3-5-6;/h3*1-5,7H;. The maximum atomic E-state index is 8.63. The van der Waals surface area contributed by atoms with Crippen LogP contribution in [0.5, 0.6) is 17.2 Å². The van der Waals surface area contributed by atoms with Crippen LogP contribution >= 0.6 is 0 Å². The zero-order valence-corrected chi connectivity index (χ0v) is 14.9. The predicted octanol–water partition coefficient (Wildman–Crippen LogP) is 3.80. The molecule has 112 valence electrons. The number of rotatable bonds is 0. The second-order valence-corrected chi connectivity index (χ2v) is 4.01. The van der Waals surface area contributed by atoms with Gasteiger partial charge >= 0.3 is 0 Å². The van der Waals surface area contributed by atoms with E-state index in [0.29, 0.717) is 17.2 Å². The Morgan fingerprint density at radius 3 is 0.636 bits per heavy atom. The molecule has 0 atom stereocenters. The monoisotopic (exact) mass is 402 g/mol. The summed E-state index contributed by atoms with van der Waals surface area (Å²) >= 11 is 0. The van der Waals surface area contributed by atoms with Gasteiger partial charge in [0.15, 0.2) is 0 Å². The molecule has 0 aliphatic rings. The minimum absolute atomic E-state index is 0. The van der Waals surface area contributed by atoms with Crippen LogP contribution in [0.4, 0.5) is 0 Å². The third-order valence-electron chi connectivity index (χ3n) is 2.27. The molecule has 0 bridgehead atoms. The van der Waals surface area contributed by atoms with Crippen molar-refractivity contribution in [1.82, 2.24) is 0 Å². The molecule has 0 saturated carbocycles. The molecule has 0 aliphatic carbocycles. The van der Waals surface area contributed by atoms with Crippen molar-refractivity contribution in [3.63, 3.8) is 0 Å². The average molecular weight is 401 g/mol. The van der Waals surface area contributed by atoms with Crippen molar-refractivity contribution in [3.8, 4) is 17.2 Å². The summed E-state index contributed by atoms with van der Waals surface area (Å²) in [6, 6.07) is 26.1. The summed E-state index contributed by atoms with van der Waals surface area (Å²) in [5.41, 5.74) is 0. The van der Waals surface area contributed by atoms with E-state index in [2.05, 4.69) is 0 Å².